The standard InChI is InChI=1S/C26H23ClN4O3S/c1-3-35-26-29-25-22(30-31-26)18-11-7-8-12-20(18)28-24(34-25)17-13-19(27)23(21(14-17)32-2)33-15-16-9-5-4-6-10-16/h4-14,24,28H,3,15H2,1-2H3. The zero-order chi connectivity index (χ0) is 24.2. The number of halogens is 1. The molecule has 4 aromatic rings. The SMILES string of the molecule is CCSc1nnc2c(n1)OC(c1cc(Cl)c(OCc3ccccc3)c(OC)c1)Nc1ccccc1-2. The summed E-state index contributed by atoms with van der Waals surface area (Å²) >= 11 is 8.18. The average molecular weight is 507 g/mol. The van der Waals surface area contributed by atoms with Gasteiger partial charge in [0.05, 0.1) is 12.1 Å². The normalized spacial score (nSPS) is 14.1. The summed E-state index contributed by atoms with van der Waals surface area (Å²) in [7, 11) is 1.59. The van der Waals surface area contributed by atoms with Crippen molar-refractivity contribution in [1.82, 2.24) is 15.2 Å². The highest BCUT2D eigenvalue weighted by atomic mass is 35.5. The number of rotatable bonds is 7. The van der Waals surface area contributed by atoms with Gasteiger partial charge < -0.3 is 19.5 Å². The summed E-state index contributed by atoms with van der Waals surface area (Å²) in [5, 5.41) is 13.1. The van der Waals surface area contributed by atoms with Gasteiger partial charge in [0, 0.05) is 16.8 Å². The van der Waals surface area contributed by atoms with Gasteiger partial charge in [0.2, 0.25) is 11.0 Å². The fraction of sp³-hybridized carbons (Fsp3) is 0.192. The second kappa shape index (κ2) is 10.4. The van der Waals surface area contributed by atoms with Crippen molar-refractivity contribution in [3.05, 3.63) is 82.9 Å². The zero-order valence-corrected chi connectivity index (χ0v) is 20.8. The predicted molar refractivity (Wildman–Crippen MR) is 137 cm³/mol. The van der Waals surface area contributed by atoms with Crippen LogP contribution in [0.1, 0.15) is 24.3 Å². The number of anilines is 1. The van der Waals surface area contributed by atoms with Crippen LogP contribution in [0.5, 0.6) is 17.4 Å². The van der Waals surface area contributed by atoms with E-state index in [-0.39, 0.29) is 0 Å². The molecule has 0 amide bonds. The second-order valence-corrected chi connectivity index (χ2v) is 9.32. The van der Waals surface area contributed by atoms with Crippen LogP contribution in [-0.2, 0) is 6.61 Å². The van der Waals surface area contributed by atoms with Crippen molar-refractivity contribution in [2.75, 3.05) is 18.2 Å². The van der Waals surface area contributed by atoms with E-state index in [4.69, 9.17) is 25.8 Å². The Morgan fingerprint density at radius 2 is 1.86 bits per heavy atom. The molecule has 1 N–H and O–H groups in total. The highest BCUT2D eigenvalue weighted by Gasteiger charge is 2.27. The number of nitrogens with zero attached hydrogens (tertiary/aromatic N) is 3. The molecule has 0 fully saturated rings. The Kier molecular flexibility index (Phi) is 6.92. The molecule has 1 unspecified atom stereocenters. The number of nitrogens with one attached hydrogen (secondary N) is 1. The maximum absolute atomic E-state index is 6.68. The van der Waals surface area contributed by atoms with Crippen LogP contribution in [0.3, 0.4) is 0 Å². The fourth-order valence-corrected chi connectivity index (χ4v) is 4.53. The number of methoxy groups -OCH3 is 1. The van der Waals surface area contributed by atoms with E-state index >= 15 is 0 Å². The molecule has 9 heteroatoms. The third-order valence-electron chi connectivity index (χ3n) is 5.39. The van der Waals surface area contributed by atoms with E-state index in [0.717, 1.165) is 28.1 Å². The lowest BCUT2D eigenvalue weighted by molar-refractivity contribution is 0.224. The molecule has 3 aromatic carbocycles. The van der Waals surface area contributed by atoms with E-state index in [1.807, 2.05) is 73.7 Å². The molecule has 178 valence electrons. The van der Waals surface area contributed by atoms with Crippen molar-refractivity contribution in [2.24, 2.45) is 0 Å². The van der Waals surface area contributed by atoms with E-state index in [2.05, 4.69) is 20.5 Å². The number of hydrogen-bond acceptors (Lipinski definition) is 8. The van der Waals surface area contributed by atoms with Gasteiger partial charge in [0.25, 0.3) is 0 Å². The van der Waals surface area contributed by atoms with Gasteiger partial charge in [-0.2, -0.15) is 4.98 Å². The lowest BCUT2D eigenvalue weighted by Gasteiger charge is -2.21. The third-order valence-corrected chi connectivity index (χ3v) is 6.39. The van der Waals surface area contributed by atoms with Gasteiger partial charge in [-0.15, -0.1) is 10.2 Å². The summed E-state index contributed by atoms with van der Waals surface area (Å²) in [6, 6.07) is 21.4. The fourth-order valence-electron chi connectivity index (χ4n) is 3.75. The predicted octanol–water partition coefficient (Wildman–Crippen LogP) is 6.39. The molecular weight excluding hydrogens is 484 g/mol. The van der Waals surface area contributed by atoms with Crippen molar-refractivity contribution in [1.29, 1.82) is 0 Å². The Morgan fingerprint density at radius 1 is 1.06 bits per heavy atom. The number of fused-ring (bicyclic) bond motifs is 3. The lowest BCUT2D eigenvalue weighted by atomic mass is 10.1. The maximum atomic E-state index is 6.68. The largest absolute Gasteiger partial charge is 0.493 e. The minimum Gasteiger partial charge on any atom is -0.493 e. The Hall–Kier alpha value is -3.49. The molecule has 1 aliphatic heterocycles. The molecular formula is C26H23ClN4O3S. The van der Waals surface area contributed by atoms with E-state index in [0.29, 0.717) is 39.9 Å². The second-order valence-electron chi connectivity index (χ2n) is 7.68. The number of aromatic nitrogens is 3. The van der Waals surface area contributed by atoms with Crippen LogP contribution in [-0.4, -0.2) is 28.0 Å². The molecule has 0 saturated carbocycles. The van der Waals surface area contributed by atoms with Gasteiger partial charge in [-0.3, -0.25) is 0 Å². The summed E-state index contributed by atoms with van der Waals surface area (Å²) in [5.74, 6) is 2.21. The van der Waals surface area contributed by atoms with Gasteiger partial charge >= 0.3 is 0 Å². The van der Waals surface area contributed by atoms with Gasteiger partial charge in [-0.05, 0) is 29.5 Å². The zero-order valence-electron chi connectivity index (χ0n) is 19.2. The topological polar surface area (TPSA) is 78.4 Å². The first-order valence-corrected chi connectivity index (χ1v) is 12.5. The highest BCUT2D eigenvalue weighted by Crippen LogP contribution is 2.43. The van der Waals surface area contributed by atoms with Crippen LogP contribution in [0.4, 0.5) is 5.69 Å². The summed E-state index contributed by atoms with van der Waals surface area (Å²) in [6.45, 7) is 2.41. The molecule has 35 heavy (non-hydrogen) atoms. The average Bonchev–Trinajstić information content (AvgIpc) is 3.05. The number of ether oxygens (including phenoxy) is 3. The molecule has 7 nitrogen and oxygen atoms in total. The number of hydrogen-bond donors (Lipinski definition) is 1. The maximum Gasteiger partial charge on any atom is 0.247 e. The summed E-state index contributed by atoms with van der Waals surface area (Å²) in [6.07, 6.45) is -0.594. The van der Waals surface area contributed by atoms with Crippen molar-refractivity contribution in [3.63, 3.8) is 0 Å². The van der Waals surface area contributed by atoms with Crippen LogP contribution in [0.15, 0.2) is 71.9 Å². The quantitative estimate of drug-likeness (QED) is 0.289. The highest BCUT2D eigenvalue weighted by molar-refractivity contribution is 7.99. The Labute approximate surface area is 212 Å². The van der Waals surface area contributed by atoms with Gasteiger partial charge in [-0.1, -0.05) is 78.8 Å². The molecule has 0 spiro atoms. The minimum absolute atomic E-state index is 0.371. The Balaban J connectivity index is 1.50. The van der Waals surface area contributed by atoms with E-state index in [9.17, 15) is 0 Å². The summed E-state index contributed by atoms with van der Waals surface area (Å²) < 4.78 is 18.0. The third kappa shape index (κ3) is 4.99. The molecule has 2 heterocycles. The molecule has 5 rings (SSSR count). The number of thioether (sulfide) groups is 1. The molecule has 0 radical (unpaired) electrons. The first-order chi connectivity index (χ1) is 17.2. The smallest absolute Gasteiger partial charge is 0.247 e. The van der Waals surface area contributed by atoms with E-state index in [1.54, 1.807) is 7.11 Å². The van der Waals surface area contributed by atoms with Gasteiger partial charge in [0.15, 0.2) is 23.4 Å². The lowest BCUT2D eigenvalue weighted by Crippen LogP contribution is -2.17. The first kappa shape index (κ1) is 23.3. The van der Waals surface area contributed by atoms with Crippen LogP contribution in [0.25, 0.3) is 11.3 Å². The van der Waals surface area contributed by atoms with Gasteiger partial charge in [0.1, 0.15) is 6.61 Å². The molecule has 0 aliphatic carbocycles. The molecule has 0 bridgehead atoms. The Bertz CT molecular complexity index is 1340. The van der Waals surface area contributed by atoms with Crippen LogP contribution >= 0.6 is 23.4 Å². The van der Waals surface area contributed by atoms with Crippen LogP contribution < -0.4 is 19.5 Å². The minimum atomic E-state index is -0.594. The van der Waals surface area contributed by atoms with Crippen molar-refractivity contribution in [2.45, 2.75) is 24.9 Å². The van der Waals surface area contributed by atoms with E-state index in [1.165, 1.54) is 11.8 Å². The first-order valence-electron chi connectivity index (χ1n) is 11.1. The van der Waals surface area contributed by atoms with Crippen molar-refractivity contribution >= 4 is 29.1 Å². The van der Waals surface area contributed by atoms with E-state index < -0.39 is 6.23 Å². The Morgan fingerprint density at radius 3 is 2.66 bits per heavy atom. The molecule has 0 saturated heterocycles. The van der Waals surface area contributed by atoms with Gasteiger partial charge in [-0.25, -0.2) is 0 Å². The molecule has 1 aliphatic rings. The van der Waals surface area contributed by atoms with Crippen LogP contribution in [0.2, 0.25) is 5.02 Å². The van der Waals surface area contributed by atoms with Crippen LogP contribution in [0, 0.1) is 0 Å². The summed E-state index contributed by atoms with van der Waals surface area (Å²) in [4.78, 5) is 4.62. The van der Waals surface area contributed by atoms with Crippen molar-refractivity contribution < 1.29 is 14.2 Å². The monoisotopic (exact) mass is 506 g/mol. The van der Waals surface area contributed by atoms with Crippen molar-refractivity contribution in [3.8, 4) is 28.6 Å². The summed E-state index contributed by atoms with van der Waals surface area (Å²) in [5.41, 5.74) is 4.08. The molecule has 1 aromatic heterocycles. The molecule has 1 atom stereocenters. The number of para-hydroxylation sites is 1. The number of benzene rings is 3.